The van der Waals surface area contributed by atoms with Gasteiger partial charge in [-0.3, -0.25) is 4.79 Å². The van der Waals surface area contributed by atoms with Crippen LogP contribution in [0.1, 0.15) is 18.4 Å². The summed E-state index contributed by atoms with van der Waals surface area (Å²) in [4.78, 5) is 15.9. The minimum absolute atomic E-state index is 0.0519. The smallest absolute Gasteiger partial charge is 0.368 e. The third kappa shape index (κ3) is 4.05. The first-order valence-electron chi connectivity index (χ1n) is 6.52. The molecule has 8 heteroatoms. The lowest BCUT2D eigenvalue weighted by Gasteiger charge is -2.34. The number of hydrogen-bond donors (Lipinski definition) is 1. The first kappa shape index (κ1) is 15.5. The molecule has 4 nitrogen and oxygen atoms in total. The Hall–Kier alpha value is -1.86. The second kappa shape index (κ2) is 6.28. The van der Waals surface area contributed by atoms with Crippen molar-refractivity contribution in [3.63, 3.8) is 0 Å². The normalized spacial score (nSPS) is 23.0. The first-order chi connectivity index (χ1) is 9.90. The van der Waals surface area contributed by atoms with E-state index in [4.69, 9.17) is 0 Å². The van der Waals surface area contributed by atoms with Crippen LogP contribution in [0.4, 0.5) is 23.4 Å². The number of halogens is 4. The summed E-state index contributed by atoms with van der Waals surface area (Å²) in [5.41, 5.74) is -0.819. The van der Waals surface area contributed by atoms with E-state index < -0.39 is 17.9 Å². The summed E-state index contributed by atoms with van der Waals surface area (Å²) in [7, 11) is 0. The molecule has 0 saturated carbocycles. The molecule has 1 saturated heterocycles. The highest BCUT2D eigenvalue weighted by atomic mass is 19.4. The van der Waals surface area contributed by atoms with E-state index in [-0.39, 0.29) is 18.4 Å². The summed E-state index contributed by atoms with van der Waals surface area (Å²) in [6.45, 7) is 0.375. The molecule has 2 atom stereocenters. The molecule has 1 aromatic rings. The van der Waals surface area contributed by atoms with Crippen molar-refractivity contribution in [2.45, 2.75) is 31.2 Å². The third-order valence-corrected chi connectivity index (χ3v) is 3.44. The number of nitrogens with zero attached hydrogens (tertiary/aromatic N) is 2. The number of piperidine rings is 1. The molecule has 2 unspecified atom stereocenters. The lowest BCUT2D eigenvalue weighted by Crippen LogP contribution is -2.46. The number of likely N-dealkylation sites (tertiary alicyclic amines) is 1. The van der Waals surface area contributed by atoms with Gasteiger partial charge in [-0.05, 0) is 25.0 Å². The molecule has 0 aromatic carbocycles. The summed E-state index contributed by atoms with van der Waals surface area (Å²) in [6, 6.07) is 1.98. The van der Waals surface area contributed by atoms with Gasteiger partial charge in [0.25, 0.3) is 0 Å². The molecule has 21 heavy (non-hydrogen) atoms. The molecule has 0 spiro atoms. The van der Waals surface area contributed by atoms with E-state index in [0.717, 1.165) is 12.3 Å². The van der Waals surface area contributed by atoms with Gasteiger partial charge in [0, 0.05) is 18.8 Å². The fourth-order valence-corrected chi connectivity index (χ4v) is 2.25. The average molecular weight is 305 g/mol. The van der Waals surface area contributed by atoms with Gasteiger partial charge < -0.3 is 10.2 Å². The molecule has 1 aliphatic rings. The predicted octanol–water partition coefficient (Wildman–Crippen LogP) is 2.47. The van der Waals surface area contributed by atoms with E-state index in [1.807, 2.05) is 0 Å². The van der Waals surface area contributed by atoms with E-state index in [1.165, 1.54) is 11.0 Å². The quantitative estimate of drug-likeness (QED) is 0.686. The first-order valence-corrected chi connectivity index (χ1v) is 6.52. The second-order valence-electron chi connectivity index (χ2n) is 4.94. The van der Waals surface area contributed by atoms with Crippen molar-refractivity contribution < 1.29 is 22.4 Å². The zero-order chi connectivity index (χ0) is 15.5. The highest BCUT2D eigenvalue weighted by Crippen LogP contribution is 2.28. The second-order valence-corrected chi connectivity index (χ2v) is 4.94. The van der Waals surface area contributed by atoms with Crippen LogP contribution in [0.15, 0.2) is 18.3 Å². The molecule has 0 bridgehead atoms. The van der Waals surface area contributed by atoms with Crippen LogP contribution in [0.2, 0.25) is 0 Å². The molecule has 1 fully saturated rings. The van der Waals surface area contributed by atoms with Crippen LogP contribution < -0.4 is 5.32 Å². The van der Waals surface area contributed by atoms with Crippen molar-refractivity contribution in [2.75, 3.05) is 18.4 Å². The highest BCUT2D eigenvalue weighted by molar-refractivity contribution is 5.48. The van der Waals surface area contributed by atoms with Gasteiger partial charge in [-0.1, -0.05) is 0 Å². The summed E-state index contributed by atoms with van der Waals surface area (Å²) in [6.07, 6.45) is -3.21. The van der Waals surface area contributed by atoms with Gasteiger partial charge in [-0.15, -0.1) is 0 Å². The van der Waals surface area contributed by atoms with E-state index >= 15 is 0 Å². The molecule has 0 radical (unpaired) electrons. The van der Waals surface area contributed by atoms with Crippen molar-refractivity contribution in [1.82, 2.24) is 9.88 Å². The van der Waals surface area contributed by atoms with Crippen LogP contribution in [0, 0.1) is 0 Å². The Balaban J connectivity index is 1.92. The molecule has 1 aromatic heterocycles. The fraction of sp³-hybridized carbons (Fsp3) is 0.538. The Morgan fingerprint density at radius 1 is 1.38 bits per heavy atom. The van der Waals surface area contributed by atoms with Crippen molar-refractivity contribution in [1.29, 1.82) is 0 Å². The summed E-state index contributed by atoms with van der Waals surface area (Å²) < 4.78 is 50.3. The molecule has 116 valence electrons. The minimum Gasteiger partial charge on any atom is -0.368 e. The monoisotopic (exact) mass is 305 g/mol. The van der Waals surface area contributed by atoms with Crippen LogP contribution in [0.5, 0.6) is 0 Å². The fourth-order valence-electron chi connectivity index (χ4n) is 2.25. The molecule has 1 aliphatic heterocycles. The van der Waals surface area contributed by atoms with E-state index in [2.05, 4.69) is 10.3 Å². The Labute approximate surface area is 119 Å². The van der Waals surface area contributed by atoms with Crippen molar-refractivity contribution in [3.05, 3.63) is 23.9 Å². The molecular weight excluding hydrogens is 290 g/mol. The average Bonchev–Trinajstić information content (AvgIpc) is 2.45. The van der Waals surface area contributed by atoms with Crippen LogP contribution in [-0.2, 0) is 11.0 Å². The largest absolute Gasteiger partial charge is 0.417 e. The van der Waals surface area contributed by atoms with E-state index in [0.29, 0.717) is 25.8 Å². The molecular formula is C13H15F4N3O. The molecule has 2 rings (SSSR count). The number of alkyl halides is 4. The zero-order valence-corrected chi connectivity index (χ0v) is 11.1. The van der Waals surface area contributed by atoms with Crippen LogP contribution >= 0.6 is 0 Å². The van der Waals surface area contributed by atoms with E-state index in [9.17, 15) is 22.4 Å². The van der Waals surface area contributed by atoms with Gasteiger partial charge >= 0.3 is 6.18 Å². The summed E-state index contributed by atoms with van der Waals surface area (Å²) in [5, 5.41) is 2.87. The van der Waals surface area contributed by atoms with Gasteiger partial charge in [-0.2, -0.15) is 13.2 Å². The van der Waals surface area contributed by atoms with Gasteiger partial charge in [-0.25, -0.2) is 9.37 Å². The highest BCUT2D eigenvalue weighted by Gasteiger charge is 2.31. The number of rotatable bonds is 4. The molecule has 0 aliphatic carbocycles. The molecule has 1 amide bonds. The number of nitrogens with one attached hydrogen (secondary N) is 1. The maximum absolute atomic E-state index is 13.2. The van der Waals surface area contributed by atoms with E-state index in [1.54, 1.807) is 0 Å². The maximum atomic E-state index is 13.2. The lowest BCUT2D eigenvalue weighted by atomic mass is 10.0. The predicted molar refractivity (Wildman–Crippen MR) is 68.4 cm³/mol. The molecule has 2 heterocycles. The number of carbonyl (C=O) groups excluding carboxylic acids is 1. The van der Waals surface area contributed by atoms with Crippen LogP contribution in [-0.4, -0.2) is 41.6 Å². The Morgan fingerprint density at radius 3 is 2.71 bits per heavy atom. The SMILES string of the molecule is O=CN1CC(F)CCC1CNc1ccc(C(F)(F)F)cn1. The van der Waals surface area contributed by atoms with Gasteiger partial charge in [0.2, 0.25) is 6.41 Å². The third-order valence-electron chi connectivity index (χ3n) is 3.44. The Bertz CT molecular complexity index is 477. The summed E-state index contributed by atoms with van der Waals surface area (Å²) >= 11 is 0. The number of amides is 1. The van der Waals surface area contributed by atoms with Crippen LogP contribution in [0.3, 0.4) is 0 Å². The maximum Gasteiger partial charge on any atom is 0.417 e. The topological polar surface area (TPSA) is 45.2 Å². The van der Waals surface area contributed by atoms with Gasteiger partial charge in [0.15, 0.2) is 0 Å². The zero-order valence-electron chi connectivity index (χ0n) is 11.1. The van der Waals surface area contributed by atoms with Crippen LogP contribution in [0.25, 0.3) is 0 Å². The Kier molecular flexibility index (Phi) is 4.64. The van der Waals surface area contributed by atoms with Crippen molar-refractivity contribution in [3.8, 4) is 0 Å². The number of hydrogen-bond acceptors (Lipinski definition) is 3. The van der Waals surface area contributed by atoms with Crippen molar-refractivity contribution >= 4 is 12.2 Å². The standard InChI is InChI=1S/C13H15F4N3O/c14-10-2-3-11(20(7-10)8-21)6-19-12-4-1-9(5-18-12)13(15,16)17/h1,4-5,8,10-11H,2-3,6-7H2,(H,18,19). The number of aromatic nitrogens is 1. The lowest BCUT2D eigenvalue weighted by molar-refractivity contribution is -0.137. The number of anilines is 1. The number of carbonyl (C=O) groups is 1. The van der Waals surface area contributed by atoms with Gasteiger partial charge in [0.05, 0.1) is 12.1 Å². The van der Waals surface area contributed by atoms with Crippen molar-refractivity contribution in [2.24, 2.45) is 0 Å². The molecule has 1 N–H and O–H groups in total. The number of pyridine rings is 1. The minimum atomic E-state index is -4.42. The Morgan fingerprint density at radius 2 is 2.14 bits per heavy atom. The van der Waals surface area contributed by atoms with Gasteiger partial charge in [0.1, 0.15) is 12.0 Å². The summed E-state index contributed by atoms with van der Waals surface area (Å²) in [5.74, 6) is 0.288.